The van der Waals surface area contributed by atoms with Gasteiger partial charge in [-0.25, -0.2) is 4.79 Å². The lowest BCUT2D eigenvalue weighted by atomic mass is 10.1. The maximum absolute atomic E-state index is 11.8. The maximum atomic E-state index is 11.8. The molecule has 0 saturated heterocycles. The van der Waals surface area contributed by atoms with Crippen LogP contribution < -0.4 is 16.0 Å². The summed E-state index contributed by atoms with van der Waals surface area (Å²) in [6, 6.07) is 0.703. The van der Waals surface area contributed by atoms with Gasteiger partial charge < -0.3 is 20.7 Å². The monoisotopic (exact) mass is 440 g/mol. The maximum Gasteiger partial charge on any atom is 0.407 e. The average Bonchev–Trinajstić information content (AvgIpc) is 3.22. The van der Waals surface area contributed by atoms with Crippen LogP contribution in [0.5, 0.6) is 0 Å². The van der Waals surface area contributed by atoms with Gasteiger partial charge in [0, 0.05) is 25.7 Å². The highest BCUT2D eigenvalue weighted by atomic mass is 127. The number of ether oxygens (including phenoxy) is 1. The van der Waals surface area contributed by atoms with Crippen molar-refractivity contribution in [3.8, 4) is 0 Å². The van der Waals surface area contributed by atoms with Crippen LogP contribution >= 0.6 is 24.0 Å². The van der Waals surface area contributed by atoms with Gasteiger partial charge in [0.2, 0.25) is 0 Å². The molecular weight excluding hydrogens is 407 g/mol. The first-order valence-corrected chi connectivity index (χ1v) is 8.30. The van der Waals surface area contributed by atoms with E-state index >= 15 is 0 Å². The molecule has 136 valence electrons. The van der Waals surface area contributed by atoms with Gasteiger partial charge in [-0.3, -0.25) is 4.99 Å². The van der Waals surface area contributed by atoms with Crippen LogP contribution in [0, 0.1) is 0 Å². The van der Waals surface area contributed by atoms with Crippen LogP contribution in [0.4, 0.5) is 4.79 Å². The Morgan fingerprint density at radius 1 is 1.35 bits per heavy atom. The lowest BCUT2D eigenvalue weighted by Gasteiger charge is -2.24. The lowest BCUT2D eigenvalue weighted by Crippen LogP contribution is -2.49. The Balaban J connectivity index is 0.00000484. The smallest absolute Gasteiger partial charge is 0.407 e. The van der Waals surface area contributed by atoms with Crippen molar-refractivity contribution in [1.29, 1.82) is 0 Å². The van der Waals surface area contributed by atoms with Crippen molar-refractivity contribution in [2.75, 3.05) is 13.6 Å². The molecule has 0 heterocycles. The van der Waals surface area contributed by atoms with Gasteiger partial charge in [-0.05, 0) is 40.0 Å². The zero-order valence-electron chi connectivity index (χ0n) is 15.1. The molecule has 0 aromatic rings. The second kappa shape index (κ2) is 10.9. The fourth-order valence-corrected chi connectivity index (χ4v) is 1.98. The van der Waals surface area contributed by atoms with E-state index in [2.05, 4.69) is 27.9 Å². The second-order valence-electron chi connectivity index (χ2n) is 6.86. The van der Waals surface area contributed by atoms with E-state index < -0.39 is 5.60 Å². The number of guanidine groups is 1. The third kappa shape index (κ3) is 11.4. The molecule has 0 radical (unpaired) electrons. The van der Waals surface area contributed by atoms with Gasteiger partial charge in [0.05, 0.1) is 0 Å². The summed E-state index contributed by atoms with van der Waals surface area (Å²) >= 11 is 0. The minimum Gasteiger partial charge on any atom is -0.444 e. The number of rotatable bonds is 7. The van der Waals surface area contributed by atoms with Gasteiger partial charge in [0.25, 0.3) is 0 Å². The first-order valence-electron chi connectivity index (χ1n) is 8.30. The molecule has 0 spiro atoms. The Hall–Kier alpha value is -0.730. The van der Waals surface area contributed by atoms with Crippen LogP contribution in [0.15, 0.2) is 4.99 Å². The quantitative estimate of drug-likeness (QED) is 0.323. The summed E-state index contributed by atoms with van der Waals surface area (Å²) in [5.41, 5.74) is -0.472. The van der Waals surface area contributed by atoms with Crippen molar-refractivity contribution >= 4 is 36.0 Å². The minimum absolute atomic E-state index is 0. The number of nitrogens with one attached hydrogen (secondary N) is 3. The molecule has 1 aliphatic rings. The van der Waals surface area contributed by atoms with Crippen molar-refractivity contribution < 1.29 is 9.53 Å². The van der Waals surface area contributed by atoms with E-state index in [4.69, 9.17) is 4.74 Å². The summed E-state index contributed by atoms with van der Waals surface area (Å²) in [6.07, 6.45) is 5.25. The van der Waals surface area contributed by atoms with Gasteiger partial charge in [0.15, 0.2) is 5.96 Å². The molecule has 1 fully saturated rings. The number of alkyl carbamates (subject to hydrolysis) is 1. The van der Waals surface area contributed by atoms with Crippen LogP contribution in [0.2, 0.25) is 0 Å². The highest BCUT2D eigenvalue weighted by Gasteiger charge is 2.23. The second-order valence-corrected chi connectivity index (χ2v) is 6.86. The summed E-state index contributed by atoms with van der Waals surface area (Å²) in [4.78, 5) is 16.0. The van der Waals surface area contributed by atoms with E-state index in [0.29, 0.717) is 12.6 Å². The van der Waals surface area contributed by atoms with Crippen LogP contribution in [0.25, 0.3) is 0 Å². The van der Waals surface area contributed by atoms with Crippen LogP contribution in [0.1, 0.15) is 59.8 Å². The summed E-state index contributed by atoms with van der Waals surface area (Å²) in [6.45, 7) is 8.28. The van der Waals surface area contributed by atoms with Crippen LogP contribution in [0.3, 0.4) is 0 Å². The number of carbonyl (C=O) groups excluding carboxylic acids is 1. The summed E-state index contributed by atoms with van der Waals surface area (Å²) in [7, 11) is 1.77. The Kier molecular flexibility index (Phi) is 10.6. The first-order chi connectivity index (χ1) is 10.3. The van der Waals surface area contributed by atoms with E-state index in [-0.39, 0.29) is 36.1 Å². The predicted molar refractivity (Wildman–Crippen MR) is 106 cm³/mol. The van der Waals surface area contributed by atoms with Crippen molar-refractivity contribution in [2.45, 2.75) is 77.5 Å². The normalized spacial score (nSPS) is 16.1. The molecule has 1 rings (SSSR count). The highest BCUT2D eigenvalue weighted by molar-refractivity contribution is 14.0. The molecule has 23 heavy (non-hydrogen) atoms. The Bertz CT molecular complexity index is 379. The molecule has 1 amide bonds. The fraction of sp³-hybridized carbons (Fsp3) is 0.875. The molecule has 1 saturated carbocycles. The number of nitrogens with zero attached hydrogens (tertiary/aromatic N) is 1. The third-order valence-corrected chi connectivity index (χ3v) is 3.28. The Morgan fingerprint density at radius 3 is 2.48 bits per heavy atom. The number of hydrogen-bond acceptors (Lipinski definition) is 3. The average molecular weight is 440 g/mol. The van der Waals surface area contributed by atoms with Crippen LogP contribution in [-0.4, -0.2) is 43.3 Å². The number of unbranched alkanes of at least 4 members (excludes halogenated alkanes) is 1. The van der Waals surface area contributed by atoms with E-state index in [9.17, 15) is 4.79 Å². The van der Waals surface area contributed by atoms with Crippen molar-refractivity contribution in [3.63, 3.8) is 0 Å². The molecule has 0 aliphatic heterocycles. The molecule has 0 aromatic carbocycles. The van der Waals surface area contributed by atoms with E-state index in [0.717, 1.165) is 25.2 Å². The van der Waals surface area contributed by atoms with Gasteiger partial charge in [-0.15, -0.1) is 24.0 Å². The van der Waals surface area contributed by atoms with Gasteiger partial charge in [-0.1, -0.05) is 19.8 Å². The van der Waals surface area contributed by atoms with Gasteiger partial charge >= 0.3 is 6.09 Å². The van der Waals surface area contributed by atoms with Crippen molar-refractivity contribution in [3.05, 3.63) is 0 Å². The number of carbonyl (C=O) groups is 1. The summed E-state index contributed by atoms with van der Waals surface area (Å²) in [5.74, 6) is 0.814. The Labute approximate surface area is 157 Å². The van der Waals surface area contributed by atoms with Gasteiger partial charge in [-0.2, -0.15) is 0 Å². The lowest BCUT2D eigenvalue weighted by molar-refractivity contribution is 0.0523. The van der Waals surface area contributed by atoms with E-state index in [1.165, 1.54) is 12.8 Å². The van der Waals surface area contributed by atoms with Crippen molar-refractivity contribution in [1.82, 2.24) is 16.0 Å². The fourth-order valence-electron chi connectivity index (χ4n) is 1.98. The largest absolute Gasteiger partial charge is 0.444 e. The molecule has 0 aromatic heterocycles. The molecule has 1 unspecified atom stereocenters. The highest BCUT2D eigenvalue weighted by Crippen LogP contribution is 2.18. The van der Waals surface area contributed by atoms with Crippen LogP contribution in [-0.2, 0) is 4.74 Å². The predicted octanol–water partition coefficient (Wildman–Crippen LogP) is 3.02. The Morgan fingerprint density at radius 2 is 2.00 bits per heavy atom. The van der Waals surface area contributed by atoms with Gasteiger partial charge in [0.1, 0.15) is 5.60 Å². The van der Waals surface area contributed by atoms with Crippen molar-refractivity contribution in [2.24, 2.45) is 4.99 Å². The molecular formula is C16H33IN4O2. The van der Waals surface area contributed by atoms with E-state index in [1.54, 1.807) is 7.05 Å². The summed E-state index contributed by atoms with van der Waals surface area (Å²) in [5, 5.41) is 9.61. The number of halogens is 1. The molecule has 1 atom stereocenters. The minimum atomic E-state index is -0.472. The number of amides is 1. The standard InChI is InChI=1S/C16H32N4O2.HI/c1-6-7-8-13(11-18-15(21)22-16(2,3)4)20-14(17-5)19-12-9-10-12;/h12-13H,6-11H2,1-5H3,(H,18,21)(H2,17,19,20);1H. The molecule has 1 aliphatic carbocycles. The molecule has 0 bridgehead atoms. The SMILES string of the molecule is CCCCC(CNC(=O)OC(C)(C)C)NC(=NC)NC1CC1.I. The first kappa shape index (κ1) is 22.3. The molecule has 6 nitrogen and oxygen atoms in total. The zero-order valence-corrected chi connectivity index (χ0v) is 17.4. The summed E-state index contributed by atoms with van der Waals surface area (Å²) < 4.78 is 5.27. The van der Waals surface area contributed by atoms with E-state index in [1.807, 2.05) is 20.8 Å². The number of hydrogen-bond donors (Lipinski definition) is 3. The third-order valence-electron chi connectivity index (χ3n) is 3.28. The molecule has 3 N–H and O–H groups in total. The topological polar surface area (TPSA) is 74.8 Å². The number of aliphatic imine (C=N–C) groups is 1. The zero-order chi connectivity index (χ0) is 16.6. The molecule has 7 heteroatoms.